The summed E-state index contributed by atoms with van der Waals surface area (Å²) in [6, 6.07) is 15.3. The van der Waals surface area contributed by atoms with Crippen molar-refractivity contribution in [1.29, 1.82) is 0 Å². The van der Waals surface area contributed by atoms with Gasteiger partial charge in [-0.1, -0.05) is 61.0 Å². The highest BCUT2D eigenvalue weighted by Crippen LogP contribution is 2.39. The summed E-state index contributed by atoms with van der Waals surface area (Å²) in [6.07, 6.45) is 7.16. The number of aliphatic carboxylic acids is 1. The second-order valence-corrected chi connectivity index (χ2v) is 10.9. The lowest BCUT2D eigenvalue weighted by Crippen LogP contribution is -2.31. The number of aliphatic hydroxyl groups excluding tert-OH is 1. The Morgan fingerprint density at radius 1 is 1.00 bits per heavy atom. The van der Waals surface area contributed by atoms with E-state index < -0.39 is 12.3 Å². The summed E-state index contributed by atoms with van der Waals surface area (Å²) in [6.45, 7) is -0.00382. The van der Waals surface area contributed by atoms with Crippen molar-refractivity contribution in [3.05, 3.63) is 77.6 Å². The molecule has 2 aromatic carbocycles. The minimum atomic E-state index is -0.781. The van der Waals surface area contributed by atoms with Gasteiger partial charge in [-0.15, -0.1) is 0 Å². The van der Waals surface area contributed by atoms with Crippen molar-refractivity contribution in [1.82, 2.24) is 9.55 Å². The molecule has 1 aromatic heterocycles. The number of aliphatic hydroxyl groups is 1. The predicted octanol–water partition coefficient (Wildman–Crippen LogP) is 5.61. The fraction of sp³-hybridized carbons (Fsp3) is 0.433. The van der Waals surface area contributed by atoms with Gasteiger partial charge in [0.1, 0.15) is 0 Å². The number of amides is 1. The molecule has 4 rings (SSSR count). The Balaban J connectivity index is 1.35. The summed E-state index contributed by atoms with van der Waals surface area (Å²) < 4.78 is 14.8. The van der Waals surface area contributed by atoms with E-state index in [-0.39, 0.29) is 31.1 Å². The minimum absolute atomic E-state index is 0.00382. The maximum Gasteiger partial charge on any atom is 0.303 e. The summed E-state index contributed by atoms with van der Waals surface area (Å²) in [5.74, 6) is -0.120. The zero-order chi connectivity index (χ0) is 28.3. The smallest absolute Gasteiger partial charge is 0.303 e. The van der Waals surface area contributed by atoms with Gasteiger partial charge in [0.05, 0.1) is 18.8 Å². The van der Waals surface area contributed by atoms with Gasteiger partial charge in [-0.3, -0.25) is 9.59 Å². The van der Waals surface area contributed by atoms with Crippen LogP contribution in [0.15, 0.2) is 66.1 Å². The number of carbonyl (C=O) groups is 2. The van der Waals surface area contributed by atoms with Gasteiger partial charge in [0.15, 0.2) is 11.4 Å². The third kappa shape index (κ3) is 8.92. The van der Waals surface area contributed by atoms with Crippen LogP contribution < -0.4 is 5.32 Å². The summed E-state index contributed by atoms with van der Waals surface area (Å²) in [5.41, 5.74) is 3.45. The average molecular weight is 568 g/mol. The lowest BCUT2D eigenvalue weighted by Gasteiger charge is -2.36. The summed E-state index contributed by atoms with van der Waals surface area (Å²) in [7, 11) is 1.97. The van der Waals surface area contributed by atoms with Crippen LogP contribution in [-0.4, -0.2) is 43.5 Å². The molecule has 0 unspecified atom stereocenters. The van der Waals surface area contributed by atoms with Crippen LogP contribution in [0.4, 0.5) is 5.69 Å². The minimum Gasteiger partial charge on any atom is -0.481 e. The number of imidazole rings is 1. The predicted molar refractivity (Wildman–Crippen MR) is 153 cm³/mol. The molecule has 214 valence electrons. The second kappa shape index (κ2) is 15.0. The molecule has 9 nitrogen and oxygen atoms in total. The molecule has 0 bridgehead atoms. The molecule has 40 heavy (non-hydrogen) atoms. The highest BCUT2D eigenvalue weighted by molar-refractivity contribution is 7.99. The third-order valence-electron chi connectivity index (χ3n) is 6.80. The SMILES string of the molecule is Cn1ccnc1SC[C@H]1C[C@@H](c2ccc(CO)cc2)O[C@@H](c2ccc(NC(=O)CCCCCCC(=O)O)cc2)O1. The van der Waals surface area contributed by atoms with Gasteiger partial charge in [-0.25, -0.2) is 4.98 Å². The number of aryl methyl sites for hydroxylation is 1. The van der Waals surface area contributed by atoms with Gasteiger partial charge >= 0.3 is 5.97 Å². The molecular formula is C30H37N3O6S. The molecule has 0 spiro atoms. The summed E-state index contributed by atoms with van der Waals surface area (Å²) in [5, 5.41) is 22.0. The van der Waals surface area contributed by atoms with Crippen molar-refractivity contribution in [2.75, 3.05) is 11.1 Å². The lowest BCUT2D eigenvalue weighted by molar-refractivity contribution is -0.245. The molecule has 3 atom stereocenters. The number of carboxylic acid groups (broad SMARTS) is 1. The van der Waals surface area contributed by atoms with E-state index >= 15 is 0 Å². The van der Waals surface area contributed by atoms with Crippen molar-refractivity contribution in [3.8, 4) is 0 Å². The van der Waals surface area contributed by atoms with E-state index in [2.05, 4.69) is 10.3 Å². The fourth-order valence-electron chi connectivity index (χ4n) is 4.54. The van der Waals surface area contributed by atoms with E-state index in [1.54, 1.807) is 18.0 Å². The number of carboxylic acids is 1. The number of hydrogen-bond acceptors (Lipinski definition) is 7. The van der Waals surface area contributed by atoms with Crippen LogP contribution in [0.3, 0.4) is 0 Å². The number of carbonyl (C=O) groups excluding carboxylic acids is 1. The highest BCUT2D eigenvalue weighted by atomic mass is 32.2. The zero-order valence-corrected chi connectivity index (χ0v) is 23.5. The van der Waals surface area contributed by atoms with Gasteiger partial charge in [0.2, 0.25) is 5.91 Å². The molecule has 1 aliphatic heterocycles. The number of aromatic nitrogens is 2. The molecule has 0 saturated carbocycles. The van der Waals surface area contributed by atoms with Gasteiger partial charge < -0.3 is 29.6 Å². The lowest BCUT2D eigenvalue weighted by atomic mass is 10.0. The third-order valence-corrected chi connectivity index (χ3v) is 7.99. The topological polar surface area (TPSA) is 123 Å². The Morgan fingerprint density at radius 2 is 1.70 bits per heavy atom. The van der Waals surface area contributed by atoms with Crippen molar-refractivity contribution >= 4 is 29.3 Å². The average Bonchev–Trinajstić information content (AvgIpc) is 3.38. The summed E-state index contributed by atoms with van der Waals surface area (Å²) >= 11 is 1.65. The molecule has 1 fully saturated rings. The Labute approximate surface area is 238 Å². The highest BCUT2D eigenvalue weighted by Gasteiger charge is 2.32. The number of hydrogen-bond donors (Lipinski definition) is 3. The van der Waals surface area contributed by atoms with Gasteiger partial charge in [0.25, 0.3) is 0 Å². The fourth-order valence-corrected chi connectivity index (χ4v) is 5.49. The normalized spacial score (nSPS) is 18.9. The van der Waals surface area contributed by atoms with E-state index in [1.807, 2.05) is 66.3 Å². The zero-order valence-electron chi connectivity index (χ0n) is 22.7. The van der Waals surface area contributed by atoms with Crippen LogP contribution in [0.5, 0.6) is 0 Å². The standard InChI is InChI=1S/C30H37N3O6S/c1-33-17-16-31-30(33)40-20-25-18-26(22-10-8-21(19-34)9-11-22)39-29(38-25)23-12-14-24(15-13-23)32-27(35)6-4-2-3-5-7-28(36)37/h8-17,25-26,29,34H,2-7,18-20H2,1H3,(H,32,35)(H,36,37)/t25-,26+,29+/m1/s1. The van der Waals surface area contributed by atoms with E-state index in [1.165, 1.54) is 0 Å². The van der Waals surface area contributed by atoms with Crippen LogP contribution in [0.25, 0.3) is 0 Å². The van der Waals surface area contributed by atoms with E-state index in [4.69, 9.17) is 14.6 Å². The molecule has 10 heteroatoms. The Bertz CT molecular complexity index is 1230. The van der Waals surface area contributed by atoms with Gasteiger partial charge in [0, 0.05) is 55.7 Å². The maximum absolute atomic E-state index is 12.3. The Morgan fingerprint density at radius 3 is 2.35 bits per heavy atom. The van der Waals surface area contributed by atoms with Gasteiger partial charge in [-0.05, 0) is 36.1 Å². The number of benzene rings is 2. The first-order valence-corrected chi connectivity index (χ1v) is 14.6. The molecule has 0 aliphatic carbocycles. The molecular weight excluding hydrogens is 530 g/mol. The number of rotatable bonds is 14. The van der Waals surface area contributed by atoms with Crippen LogP contribution >= 0.6 is 11.8 Å². The van der Waals surface area contributed by atoms with Crippen LogP contribution in [0, 0.1) is 0 Å². The van der Waals surface area contributed by atoms with Crippen molar-refractivity contribution in [2.24, 2.45) is 7.05 Å². The van der Waals surface area contributed by atoms with Crippen LogP contribution in [-0.2, 0) is 32.7 Å². The molecule has 1 aliphatic rings. The maximum atomic E-state index is 12.3. The molecule has 0 radical (unpaired) electrons. The molecule has 1 saturated heterocycles. The quantitative estimate of drug-likeness (QED) is 0.170. The monoisotopic (exact) mass is 567 g/mol. The molecule has 3 N–H and O–H groups in total. The Kier molecular flexibility index (Phi) is 11.2. The number of ether oxygens (including phenoxy) is 2. The summed E-state index contributed by atoms with van der Waals surface area (Å²) in [4.78, 5) is 27.3. The van der Waals surface area contributed by atoms with Crippen LogP contribution in [0.1, 0.15) is 74.0 Å². The number of unbranched alkanes of at least 4 members (excludes halogenated alkanes) is 3. The molecule has 3 aromatic rings. The first-order valence-electron chi connectivity index (χ1n) is 13.6. The van der Waals surface area contributed by atoms with Crippen LogP contribution in [0.2, 0.25) is 0 Å². The number of anilines is 1. The largest absolute Gasteiger partial charge is 0.481 e. The van der Waals surface area contributed by atoms with Crippen molar-refractivity contribution < 1.29 is 29.3 Å². The number of nitrogens with zero attached hydrogens (tertiary/aromatic N) is 2. The van der Waals surface area contributed by atoms with Gasteiger partial charge in [-0.2, -0.15) is 0 Å². The second-order valence-electron chi connectivity index (χ2n) is 9.96. The van der Waals surface area contributed by atoms with Crippen molar-refractivity contribution in [2.45, 2.75) is 75.2 Å². The van der Waals surface area contributed by atoms with Crippen molar-refractivity contribution in [3.63, 3.8) is 0 Å². The molecule has 1 amide bonds. The molecule has 2 heterocycles. The first-order chi connectivity index (χ1) is 19.4. The first kappa shape index (κ1) is 29.8. The van der Waals surface area contributed by atoms with E-state index in [0.717, 1.165) is 46.9 Å². The number of nitrogens with one attached hydrogen (secondary N) is 1. The van der Waals surface area contributed by atoms with E-state index in [0.29, 0.717) is 24.9 Å². The number of thioether (sulfide) groups is 1. The van der Waals surface area contributed by atoms with E-state index in [9.17, 15) is 14.7 Å². The Hall–Kier alpha value is -3.18.